The molecule has 3 nitrogen and oxygen atoms in total. The summed E-state index contributed by atoms with van der Waals surface area (Å²) >= 11 is 0. The van der Waals surface area contributed by atoms with Gasteiger partial charge in [-0.3, -0.25) is 9.78 Å². The molecule has 2 aromatic rings. The maximum Gasteiger partial charge on any atom is 0.152 e. The number of hydrogen-bond donors (Lipinski definition) is 0. The number of pyridine rings is 1. The molecule has 72 valence electrons. The Kier molecular flexibility index (Phi) is 2.08. The molecule has 0 atom stereocenters. The van der Waals surface area contributed by atoms with Crippen LogP contribution in [0.3, 0.4) is 0 Å². The van der Waals surface area contributed by atoms with E-state index in [1.54, 1.807) is 12.4 Å². The molecule has 0 bridgehead atoms. The minimum atomic E-state index is 0.355. The van der Waals surface area contributed by atoms with Crippen LogP contribution in [0.15, 0.2) is 24.7 Å². The molecule has 3 heteroatoms. The smallest absolute Gasteiger partial charge is 0.152 e. The number of fused-ring (bicyclic) bond motifs is 1. The van der Waals surface area contributed by atoms with Crippen molar-refractivity contribution in [3.63, 3.8) is 0 Å². The zero-order chi connectivity index (χ0) is 10.1. The molecule has 2 heterocycles. The summed E-state index contributed by atoms with van der Waals surface area (Å²) < 4.78 is 2.08. The lowest BCUT2D eigenvalue weighted by Crippen LogP contribution is -1.97. The van der Waals surface area contributed by atoms with E-state index >= 15 is 0 Å². The highest BCUT2D eigenvalue weighted by Gasteiger charge is 2.08. The van der Waals surface area contributed by atoms with Gasteiger partial charge in [0.2, 0.25) is 0 Å². The van der Waals surface area contributed by atoms with Crippen molar-refractivity contribution in [3.8, 4) is 0 Å². The maximum atomic E-state index is 10.8. The molecule has 0 aliphatic carbocycles. The summed E-state index contributed by atoms with van der Waals surface area (Å²) in [5.41, 5.74) is 1.78. The highest BCUT2D eigenvalue weighted by atomic mass is 16.1. The van der Waals surface area contributed by atoms with E-state index in [0.29, 0.717) is 11.6 Å². The zero-order valence-electron chi connectivity index (χ0n) is 8.27. The molecule has 0 unspecified atom stereocenters. The normalized spacial score (nSPS) is 11.1. The molecule has 0 aliphatic heterocycles. The number of rotatable bonds is 2. The SMILES string of the molecule is CC(C)n1cc(C=O)c2cnccc21. The predicted molar refractivity (Wildman–Crippen MR) is 55.5 cm³/mol. The Morgan fingerprint density at radius 3 is 2.93 bits per heavy atom. The second-order valence-electron chi connectivity index (χ2n) is 3.60. The van der Waals surface area contributed by atoms with Crippen LogP contribution in [0, 0.1) is 0 Å². The fourth-order valence-electron chi connectivity index (χ4n) is 1.64. The lowest BCUT2D eigenvalue weighted by molar-refractivity contribution is 0.112. The van der Waals surface area contributed by atoms with E-state index in [1.807, 2.05) is 12.3 Å². The van der Waals surface area contributed by atoms with Crippen LogP contribution >= 0.6 is 0 Å². The van der Waals surface area contributed by atoms with Gasteiger partial charge in [-0.2, -0.15) is 0 Å². The first-order chi connectivity index (χ1) is 6.74. The fraction of sp³-hybridized carbons (Fsp3) is 0.273. The van der Waals surface area contributed by atoms with Crippen LogP contribution in [-0.2, 0) is 0 Å². The van der Waals surface area contributed by atoms with Crippen LogP contribution in [-0.4, -0.2) is 15.8 Å². The molecule has 2 aromatic heterocycles. The Balaban J connectivity index is 2.79. The highest BCUT2D eigenvalue weighted by molar-refractivity contribution is 5.97. The lowest BCUT2D eigenvalue weighted by atomic mass is 10.2. The second-order valence-corrected chi connectivity index (χ2v) is 3.60. The minimum Gasteiger partial charge on any atom is -0.344 e. The van der Waals surface area contributed by atoms with Gasteiger partial charge in [0.25, 0.3) is 0 Å². The highest BCUT2D eigenvalue weighted by Crippen LogP contribution is 2.22. The van der Waals surface area contributed by atoms with E-state index in [1.165, 1.54) is 0 Å². The molecule has 0 spiro atoms. The topological polar surface area (TPSA) is 34.9 Å². The first kappa shape index (κ1) is 8.94. The summed E-state index contributed by atoms with van der Waals surface area (Å²) in [5, 5.41) is 0.927. The maximum absolute atomic E-state index is 10.8. The molecule has 0 fully saturated rings. The molecule has 0 radical (unpaired) electrons. The summed E-state index contributed by atoms with van der Waals surface area (Å²) in [4.78, 5) is 14.8. The van der Waals surface area contributed by atoms with Crippen molar-refractivity contribution >= 4 is 17.2 Å². The van der Waals surface area contributed by atoms with Gasteiger partial charge in [0, 0.05) is 35.6 Å². The Hall–Kier alpha value is -1.64. The first-order valence-corrected chi connectivity index (χ1v) is 4.63. The average molecular weight is 188 g/mol. The Morgan fingerprint density at radius 1 is 1.50 bits per heavy atom. The minimum absolute atomic E-state index is 0.355. The van der Waals surface area contributed by atoms with Crippen molar-refractivity contribution in [1.29, 1.82) is 0 Å². The van der Waals surface area contributed by atoms with Gasteiger partial charge in [-0.1, -0.05) is 0 Å². The van der Waals surface area contributed by atoms with E-state index in [9.17, 15) is 4.79 Å². The number of nitrogens with zero attached hydrogens (tertiary/aromatic N) is 2. The van der Waals surface area contributed by atoms with Crippen LogP contribution in [0.25, 0.3) is 10.9 Å². The molecule has 0 N–H and O–H groups in total. The summed E-state index contributed by atoms with van der Waals surface area (Å²) in [6.07, 6.45) is 6.24. The van der Waals surface area contributed by atoms with Crippen LogP contribution in [0.1, 0.15) is 30.2 Å². The van der Waals surface area contributed by atoms with Gasteiger partial charge in [0.15, 0.2) is 6.29 Å². The summed E-state index contributed by atoms with van der Waals surface area (Å²) in [6, 6.07) is 2.29. The Labute approximate surface area is 82.4 Å². The van der Waals surface area contributed by atoms with E-state index in [0.717, 1.165) is 17.2 Å². The molecule has 0 aliphatic rings. The van der Waals surface area contributed by atoms with Crippen molar-refractivity contribution in [3.05, 3.63) is 30.2 Å². The molecule has 0 saturated heterocycles. The second kappa shape index (κ2) is 3.25. The third kappa shape index (κ3) is 1.21. The van der Waals surface area contributed by atoms with Gasteiger partial charge in [-0.15, -0.1) is 0 Å². The Bertz CT molecular complexity index is 471. The number of aldehydes is 1. The number of carbonyl (C=O) groups is 1. The van der Waals surface area contributed by atoms with Crippen LogP contribution in [0.4, 0.5) is 0 Å². The fourth-order valence-corrected chi connectivity index (χ4v) is 1.64. The van der Waals surface area contributed by atoms with Gasteiger partial charge in [0.05, 0.1) is 5.52 Å². The number of hydrogen-bond acceptors (Lipinski definition) is 2. The number of aromatic nitrogens is 2. The van der Waals surface area contributed by atoms with Gasteiger partial charge < -0.3 is 4.57 Å². The standard InChI is InChI=1S/C11H12N2O/c1-8(2)13-6-9(7-14)10-5-12-4-3-11(10)13/h3-8H,1-2H3. The monoisotopic (exact) mass is 188 g/mol. The van der Waals surface area contributed by atoms with E-state index in [2.05, 4.69) is 23.4 Å². The summed E-state index contributed by atoms with van der Waals surface area (Å²) in [5.74, 6) is 0. The number of carbonyl (C=O) groups excluding carboxylic acids is 1. The molecule has 0 aromatic carbocycles. The molecular formula is C11H12N2O. The molecular weight excluding hydrogens is 176 g/mol. The average Bonchev–Trinajstić information content (AvgIpc) is 2.56. The zero-order valence-corrected chi connectivity index (χ0v) is 8.27. The van der Waals surface area contributed by atoms with Crippen LogP contribution in [0.2, 0.25) is 0 Å². The van der Waals surface area contributed by atoms with Gasteiger partial charge in [0.1, 0.15) is 0 Å². The van der Waals surface area contributed by atoms with Gasteiger partial charge >= 0.3 is 0 Å². The van der Waals surface area contributed by atoms with Crippen molar-refractivity contribution < 1.29 is 4.79 Å². The van der Waals surface area contributed by atoms with Crippen LogP contribution < -0.4 is 0 Å². The van der Waals surface area contributed by atoms with Crippen molar-refractivity contribution in [2.45, 2.75) is 19.9 Å². The molecule has 0 saturated carbocycles. The van der Waals surface area contributed by atoms with Crippen LogP contribution in [0.5, 0.6) is 0 Å². The van der Waals surface area contributed by atoms with Gasteiger partial charge in [-0.05, 0) is 19.9 Å². The van der Waals surface area contributed by atoms with E-state index in [4.69, 9.17) is 0 Å². The molecule has 2 rings (SSSR count). The summed E-state index contributed by atoms with van der Waals surface area (Å²) in [6.45, 7) is 4.18. The Morgan fingerprint density at radius 2 is 2.29 bits per heavy atom. The van der Waals surface area contributed by atoms with Gasteiger partial charge in [-0.25, -0.2) is 0 Å². The summed E-state index contributed by atoms with van der Waals surface area (Å²) in [7, 11) is 0. The molecule has 14 heavy (non-hydrogen) atoms. The first-order valence-electron chi connectivity index (χ1n) is 4.63. The third-order valence-electron chi connectivity index (χ3n) is 2.35. The van der Waals surface area contributed by atoms with Crippen molar-refractivity contribution in [1.82, 2.24) is 9.55 Å². The largest absolute Gasteiger partial charge is 0.344 e. The predicted octanol–water partition coefficient (Wildman–Crippen LogP) is 2.43. The van der Waals surface area contributed by atoms with E-state index < -0.39 is 0 Å². The lowest BCUT2D eigenvalue weighted by Gasteiger charge is -2.07. The van der Waals surface area contributed by atoms with Crippen molar-refractivity contribution in [2.75, 3.05) is 0 Å². The third-order valence-corrected chi connectivity index (χ3v) is 2.35. The quantitative estimate of drug-likeness (QED) is 0.678. The van der Waals surface area contributed by atoms with E-state index in [-0.39, 0.29) is 0 Å². The van der Waals surface area contributed by atoms with Crippen molar-refractivity contribution in [2.24, 2.45) is 0 Å². The molecule has 0 amide bonds.